The SMILES string of the molecule is CSc1ccc(C2OC(Cc3ccccc3)=NC2CO)cc1. The normalized spacial score (nSPS) is 20.5. The Hall–Kier alpha value is -1.78. The molecule has 0 aromatic heterocycles. The molecule has 0 saturated heterocycles. The van der Waals surface area contributed by atoms with Crippen molar-refractivity contribution >= 4 is 17.7 Å². The molecule has 2 aromatic rings. The van der Waals surface area contributed by atoms with Gasteiger partial charge in [-0.2, -0.15) is 0 Å². The predicted octanol–water partition coefficient (Wildman–Crippen LogP) is 3.48. The largest absolute Gasteiger partial charge is 0.470 e. The molecule has 1 N–H and O–H groups in total. The Balaban J connectivity index is 1.74. The van der Waals surface area contributed by atoms with Crippen molar-refractivity contribution in [1.29, 1.82) is 0 Å². The third-order valence-corrected chi connectivity index (χ3v) is 4.50. The van der Waals surface area contributed by atoms with E-state index in [0.717, 1.165) is 11.1 Å². The molecule has 3 nitrogen and oxygen atoms in total. The highest BCUT2D eigenvalue weighted by Gasteiger charge is 2.31. The van der Waals surface area contributed by atoms with Gasteiger partial charge in [0.15, 0.2) is 5.90 Å². The molecule has 0 saturated carbocycles. The number of aliphatic hydroxyl groups excluding tert-OH is 1. The second-order valence-electron chi connectivity index (χ2n) is 5.25. The van der Waals surface area contributed by atoms with Gasteiger partial charge in [0, 0.05) is 11.3 Å². The Bertz CT molecular complexity index is 640. The zero-order valence-corrected chi connectivity index (χ0v) is 13.3. The van der Waals surface area contributed by atoms with Gasteiger partial charge < -0.3 is 9.84 Å². The van der Waals surface area contributed by atoms with Crippen molar-refractivity contribution in [2.45, 2.75) is 23.5 Å². The van der Waals surface area contributed by atoms with E-state index in [9.17, 15) is 5.11 Å². The van der Waals surface area contributed by atoms with Gasteiger partial charge in [0.25, 0.3) is 0 Å². The van der Waals surface area contributed by atoms with Crippen LogP contribution in [0.3, 0.4) is 0 Å². The van der Waals surface area contributed by atoms with Crippen LogP contribution in [-0.2, 0) is 11.2 Å². The van der Waals surface area contributed by atoms with Crippen molar-refractivity contribution in [3.8, 4) is 0 Å². The van der Waals surface area contributed by atoms with E-state index < -0.39 is 0 Å². The van der Waals surface area contributed by atoms with Crippen LogP contribution in [0.1, 0.15) is 17.2 Å². The number of nitrogens with zero attached hydrogens (tertiary/aromatic N) is 1. The molecule has 0 aliphatic carbocycles. The highest BCUT2D eigenvalue weighted by molar-refractivity contribution is 7.98. The quantitative estimate of drug-likeness (QED) is 0.859. The summed E-state index contributed by atoms with van der Waals surface area (Å²) in [6.07, 6.45) is 2.52. The third-order valence-electron chi connectivity index (χ3n) is 3.75. The average Bonchev–Trinajstić information content (AvgIpc) is 2.99. The van der Waals surface area contributed by atoms with Crippen molar-refractivity contribution in [2.75, 3.05) is 12.9 Å². The van der Waals surface area contributed by atoms with Crippen molar-refractivity contribution in [2.24, 2.45) is 4.99 Å². The summed E-state index contributed by atoms with van der Waals surface area (Å²) in [6, 6.07) is 18.2. The highest BCUT2D eigenvalue weighted by atomic mass is 32.2. The van der Waals surface area contributed by atoms with Crippen molar-refractivity contribution < 1.29 is 9.84 Å². The molecule has 2 aromatic carbocycles. The summed E-state index contributed by atoms with van der Waals surface area (Å²) in [5, 5.41) is 9.59. The molecule has 114 valence electrons. The number of hydrogen-bond donors (Lipinski definition) is 1. The maximum absolute atomic E-state index is 9.59. The van der Waals surface area contributed by atoms with Crippen molar-refractivity contribution in [3.63, 3.8) is 0 Å². The number of aliphatic imine (C=N–C) groups is 1. The van der Waals surface area contributed by atoms with Crippen LogP contribution in [0.5, 0.6) is 0 Å². The third kappa shape index (κ3) is 3.34. The Morgan fingerprint density at radius 2 is 1.82 bits per heavy atom. The molecule has 0 amide bonds. The topological polar surface area (TPSA) is 41.8 Å². The summed E-state index contributed by atoms with van der Waals surface area (Å²) in [5.41, 5.74) is 2.22. The van der Waals surface area contributed by atoms with E-state index in [0.29, 0.717) is 12.3 Å². The first-order chi connectivity index (χ1) is 10.8. The summed E-state index contributed by atoms with van der Waals surface area (Å²) in [4.78, 5) is 5.76. The fourth-order valence-electron chi connectivity index (χ4n) is 2.59. The minimum atomic E-state index is -0.223. The zero-order chi connectivity index (χ0) is 15.4. The monoisotopic (exact) mass is 313 g/mol. The summed E-state index contributed by atoms with van der Waals surface area (Å²) in [7, 11) is 0. The molecule has 0 bridgehead atoms. The first kappa shape index (κ1) is 15.1. The maximum atomic E-state index is 9.59. The molecule has 1 aliphatic heterocycles. The van der Waals surface area contributed by atoms with E-state index in [-0.39, 0.29) is 18.8 Å². The van der Waals surface area contributed by atoms with Crippen molar-refractivity contribution in [1.82, 2.24) is 0 Å². The van der Waals surface area contributed by atoms with E-state index in [2.05, 4.69) is 47.6 Å². The van der Waals surface area contributed by atoms with Crippen LogP contribution in [0.15, 0.2) is 64.5 Å². The molecule has 0 radical (unpaired) electrons. The molecule has 3 rings (SSSR count). The number of benzene rings is 2. The van der Waals surface area contributed by atoms with Gasteiger partial charge in [-0.3, -0.25) is 0 Å². The average molecular weight is 313 g/mol. The second kappa shape index (κ2) is 6.99. The van der Waals surface area contributed by atoms with Gasteiger partial charge in [-0.25, -0.2) is 4.99 Å². The summed E-state index contributed by atoms with van der Waals surface area (Å²) < 4.78 is 6.01. The van der Waals surface area contributed by atoms with Gasteiger partial charge in [0.1, 0.15) is 12.1 Å². The van der Waals surface area contributed by atoms with Crippen LogP contribution in [0.25, 0.3) is 0 Å². The van der Waals surface area contributed by atoms with Gasteiger partial charge >= 0.3 is 0 Å². The van der Waals surface area contributed by atoms with E-state index in [4.69, 9.17) is 4.74 Å². The minimum absolute atomic E-state index is 0.00671. The molecule has 1 heterocycles. The van der Waals surface area contributed by atoms with Gasteiger partial charge in [-0.1, -0.05) is 42.5 Å². The summed E-state index contributed by atoms with van der Waals surface area (Å²) >= 11 is 1.71. The van der Waals surface area contributed by atoms with Crippen LogP contribution < -0.4 is 0 Å². The van der Waals surface area contributed by atoms with Crippen LogP contribution in [0.4, 0.5) is 0 Å². The lowest BCUT2D eigenvalue weighted by Crippen LogP contribution is -2.18. The fraction of sp³-hybridized carbons (Fsp3) is 0.278. The van der Waals surface area contributed by atoms with Crippen LogP contribution in [0.2, 0.25) is 0 Å². The van der Waals surface area contributed by atoms with Crippen LogP contribution in [0, 0.1) is 0 Å². The Morgan fingerprint density at radius 3 is 2.45 bits per heavy atom. The Labute approximate surface area is 135 Å². The lowest BCUT2D eigenvalue weighted by atomic mass is 10.0. The van der Waals surface area contributed by atoms with E-state index in [1.165, 1.54) is 4.90 Å². The van der Waals surface area contributed by atoms with Gasteiger partial charge in [0.05, 0.1) is 6.61 Å². The number of aliphatic hydroxyl groups is 1. The molecule has 2 atom stereocenters. The molecular weight excluding hydrogens is 294 g/mol. The first-order valence-corrected chi connectivity index (χ1v) is 8.54. The van der Waals surface area contributed by atoms with E-state index in [1.54, 1.807) is 11.8 Å². The van der Waals surface area contributed by atoms with Crippen molar-refractivity contribution in [3.05, 3.63) is 65.7 Å². The number of hydrogen-bond acceptors (Lipinski definition) is 4. The molecule has 1 aliphatic rings. The standard InChI is InChI=1S/C18H19NO2S/c1-22-15-9-7-14(8-10-15)18-16(12-20)19-17(21-18)11-13-5-3-2-4-6-13/h2-10,16,18,20H,11-12H2,1H3. The molecule has 4 heteroatoms. The highest BCUT2D eigenvalue weighted by Crippen LogP contribution is 2.31. The minimum Gasteiger partial charge on any atom is -0.470 e. The Morgan fingerprint density at radius 1 is 1.09 bits per heavy atom. The second-order valence-corrected chi connectivity index (χ2v) is 6.13. The van der Waals surface area contributed by atoms with Gasteiger partial charge in [-0.15, -0.1) is 11.8 Å². The van der Waals surface area contributed by atoms with Crippen LogP contribution in [-0.4, -0.2) is 29.9 Å². The summed E-state index contributed by atoms with van der Waals surface area (Å²) in [6.45, 7) is -0.00671. The number of rotatable bonds is 5. The zero-order valence-electron chi connectivity index (χ0n) is 12.5. The molecule has 22 heavy (non-hydrogen) atoms. The molecule has 0 spiro atoms. The number of ether oxygens (including phenoxy) is 1. The Kier molecular flexibility index (Phi) is 4.80. The maximum Gasteiger partial charge on any atom is 0.189 e. The first-order valence-electron chi connectivity index (χ1n) is 7.32. The summed E-state index contributed by atoms with van der Waals surface area (Å²) in [5.74, 6) is 0.698. The fourth-order valence-corrected chi connectivity index (χ4v) is 2.99. The van der Waals surface area contributed by atoms with E-state index >= 15 is 0 Å². The lowest BCUT2D eigenvalue weighted by molar-refractivity contribution is 0.149. The van der Waals surface area contributed by atoms with Gasteiger partial charge in [0.2, 0.25) is 0 Å². The molecule has 0 fully saturated rings. The number of thioether (sulfide) groups is 1. The van der Waals surface area contributed by atoms with Gasteiger partial charge in [-0.05, 0) is 29.5 Å². The van der Waals surface area contributed by atoms with Crippen LogP contribution >= 0.6 is 11.8 Å². The smallest absolute Gasteiger partial charge is 0.189 e. The molecular formula is C18H19NO2S. The molecule has 2 unspecified atom stereocenters. The lowest BCUT2D eigenvalue weighted by Gasteiger charge is -2.16. The van der Waals surface area contributed by atoms with E-state index in [1.807, 2.05) is 18.2 Å². The predicted molar refractivity (Wildman–Crippen MR) is 90.5 cm³/mol.